The Hall–Kier alpha value is -0.460. The van der Waals surface area contributed by atoms with E-state index < -0.39 is 0 Å². The summed E-state index contributed by atoms with van der Waals surface area (Å²) in [6.07, 6.45) is 5.41. The Balaban J connectivity index is 2.22. The maximum atomic E-state index is 3.86. The Morgan fingerprint density at radius 1 is 1.27 bits per heavy atom. The summed E-state index contributed by atoms with van der Waals surface area (Å²) in [6.45, 7) is 8.24. The minimum Gasteiger partial charge on any atom is -0.386 e. The van der Waals surface area contributed by atoms with Gasteiger partial charge in [-0.25, -0.2) is 0 Å². The lowest BCUT2D eigenvalue weighted by molar-refractivity contribution is 0.321. The van der Waals surface area contributed by atoms with Crippen LogP contribution in [0.4, 0.5) is 0 Å². The molecular weight excluding hydrogens is 134 g/mol. The number of allylic oxidation sites excluding steroid dienone is 1. The monoisotopic (exact) mass is 153 g/mol. The van der Waals surface area contributed by atoms with E-state index in [0.717, 1.165) is 11.6 Å². The highest BCUT2D eigenvalue weighted by atomic mass is 14.9. The third-order valence-electron chi connectivity index (χ3n) is 2.47. The van der Waals surface area contributed by atoms with Crippen molar-refractivity contribution in [2.75, 3.05) is 0 Å². The SMILES string of the molecule is C=C(C)N[C@H]1CC[C@H](C)CC1. The molecule has 0 saturated heterocycles. The van der Waals surface area contributed by atoms with E-state index in [0.29, 0.717) is 6.04 Å². The van der Waals surface area contributed by atoms with Crippen LogP contribution in [-0.2, 0) is 0 Å². The van der Waals surface area contributed by atoms with Gasteiger partial charge in [-0.3, -0.25) is 0 Å². The zero-order chi connectivity index (χ0) is 8.27. The summed E-state index contributed by atoms with van der Waals surface area (Å²) in [7, 11) is 0. The topological polar surface area (TPSA) is 12.0 Å². The lowest BCUT2D eigenvalue weighted by Gasteiger charge is -2.27. The largest absolute Gasteiger partial charge is 0.386 e. The van der Waals surface area contributed by atoms with Gasteiger partial charge in [-0.05, 0) is 38.5 Å². The average molecular weight is 153 g/mol. The third kappa shape index (κ3) is 2.96. The minimum atomic E-state index is 0.712. The molecule has 0 aromatic carbocycles. The molecular formula is C10H19N. The van der Waals surface area contributed by atoms with Gasteiger partial charge in [0.15, 0.2) is 0 Å². The second kappa shape index (κ2) is 3.80. The van der Waals surface area contributed by atoms with Crippen molar-refractivity contribution in [1.82, 2.24) is 5.32 Å². The highest BCUT2D eigenvalue weighted by Gasteiger charge is 2.16. The second-order valence-electron chi connectivity index (χ2n) is 3.88. The van der Waals surface area contributed by atoms with Crippen molar-refractivity contribution in [3.8, 4) is 0 Å². The first-order valence-corrected chi connectivity index (χ1v) is 4.60. The number of rotatable bonds is 2. The van der Waals surface area contributed by atoms with Crippen molar-refractivity contribution in [3.05, 3.63) is 12.3 Å². The van der Waals surface area contributed by atoms with E-state index in [9.17, 15) is 0 Å². The summed E-state index contributed by atoms with van der Waals surface area (Å²) in [5, 5.41) is 3.41. The average Bonchev–Trinajstić information content (AvgIpc) is 1.93. The van der Waals surface area contributed by atoms with Crippen molar-refractivity contribution in [1.29, 1.82) is 0 Å². The Morgan fingerprint density at radius 3 is 2.27 bits per heavy atom. The van der Waals surface area contributed by atoms with Crippen LogP contribution in [-0.4, -0.2) is 6.04 Å². The van der Waals surface area contributed by atoms with Crippen LogP contribution in [0.3, 0.4) is 0 Å². The fraction of sp³-hybridized carbons (Fsp3) is 0.800. The number of hydrogen-bond acceptors (Lipinski definition) is 1. The second-order valence-corrected chi connectivity index (χ2v) is 3.88. The van der Waals surface area contributed by atoms with Gasteiger partial charge < -0.3 is 5.32 Å². The Morgan fingerprint density at radius 2 is 1.82 bits per heavy atom. The van der Waals surface area contributed by atoms with E-state index in [4.69, 9.17) is 0 Å². The smallest absolute Gasteiger partial charge is 0.0258 e. The maximum Gasteiger partial charge on any atom is 0.0258 e. The Labute approximate surface area is 69.9 Å². The van der Waals surface area contributed by atoms with Gasteiger partial charge in [0.1, 0.15) is 0 Å². The first-order valence-electron chi connectivity index (χ1n) is 4.60. The fourth-order valence-corrected chi connectivity index (χ4v) is 1.75. The maximum absolute atomic E-state index is 3.86. The Bertz CT molecular complexity index is 132. The van der Waals surface area contributed by atoms with Crippen LogP contribution in [0.25, 0.3) is 0 Å². The molecule has 1 saturated carbocycles. The van der Waals surface area contributed by atoms with Crippen LogP contribution in [0.5, 0.6) is 0 Å². The van der Waals surface area contributed by atoms with Crippen molar-refractivity contribution >= 4 is 0 Å². The Kier molecular flexibility index (Phi) is 2.98. The third-order valence-corrected chi connectivity index (χ3v) is 2.47. The van der Waals surface area contributed by atoms with Crippen molar-refractivity contribution < 1.29 is 0 Å². The molecule has 0 aromatic heterocycles. The molecule has 1 heteroatoms. The molecule has 64 valence electrons. The van der Waals surface area contributed by atoms with Crippen LogP contribution in [0.2, 0.25) is 0 Å². The van der Waals surface area contributed by atoms with E-state index in [2.05, 4.69) is 18.8 Å². The van der Waals surface area contributed by atoms with E-state index in [1.165, 1.54) is 25.7 Å². The molecule has 0 amide bonds. The molecule has 0 aromatic rings. The summed E-state index contributed by atoms with van der Waals surface area (Å²) in [6, 6.07) is 0.712. The van der Waals surface area contributed by atoms with Crippen molar-refractivity contribution in [2.45, 2.75) is 45.6 Å². The van der Waals surface area contributed by atoms with Gasteiger partial charge in [-0.2, -0.15) is 0 Å². The molecule has 1 nitrogen and oxygen atoms in total. The number of hydrogen-bond donors (Lipinski definition) is 1. The molecule has 0 unspecified atom stereocenters. The quantitative estimate of drug-likeness (QED) is 0.643. The van der Waals surface area contributed by atoms with Gasteiger partial charge in [0.05, 0.1) is 0 Å². The van der Waals surface area contributed by atoms with Gasteiger partial charge in [-0.15, -0.1) is 0 Å². The lowest BCUT2D eigenvalue weighted by atomic mass is 9.87. The van der Waals surface area contributed by atoms with Gasteiger partial charge in [0.25, 0.3) is 0 Å². The minimum absolute atomic E-state index is 0.712. The highest BCUT2D eigenvalue weighted by Crippen LogP contribution is 2.23. The van der Waals surface area contributed by atoms with Crippen LogP contribution < -0.4 is 5.32 Å². The van der Waals surface area contributed by atoms with E-state index in [-0.39, 0.29) is 0 Å². The molecule has 0 heterocycles. The van der Waals surface area contributed by atoms with E-state index in [1.807, 2.05) is 6.92 Å². The van der Waals surface area contributed by atoms with E-state index >= 15 is 0 Å². The van der Waals surface area contributed by atoms with Crippen molar-refractivity contribution in [2.24, 2.45) is 5.92 Å². The molecule has 1 aliphatic rings. The normalized spacial score (nSPS) is 31.5. The predicted molar refractivity (Wildman–Crippen MR) is 49.4 cm³/mol. The van der Waals surface area contributed by atoms with Gasteiger partial charge in [0.2, 0.25) is 0 Å². The van der Waals surface area contributed by atoms with Gasteiger partial charge in [-0.1, -0.05) is 13.5 Å². The fourth-order valence-electron chi connectivity index (χ4n) is 1.75. The molecule has 1 aliphatic carbocycles. The van der Waals surface area contributed by atoms with Crippen LogP contribution in [0.15, 0.2) is 12.3 Å². The zero-order valence-electron chi connectivity index (χ0n) is 7.69. The highest BCUT2D eigenvalue weighted by molar-refractivity contribution is 4.90. The molecule has 0 atom stereocenters. The molecule has 1 rings (SSSR count). The molecule has 0 bridgehead atoms. The van der Waals surface area contributed by atoms with Gasteiger partial charge in [0, 0.05) is 11.7 Å². The summed E-state index contributed by atoms with van der Waals surface area (Å²) < 4.78 is 0. The van der Waals surface area contributed by atoms with E-state index in [1.54, 1.807) is 0 Å². The first kappa shape index (κ1) is 8.63. The summed E-state index contributed by atoms with van der Waals surface area (Å²) >= 11 is 0. The molecule has 11 heavy (non-hydrogen) atoms. The molecule has 0 aliphatic heterocycles. The zero-order valence-corrected chi connectivity index (χ0v) is 7.69. The number of nitrogens with one attached hydrogen (secondary N) is 1. The summed E-state index contributed by atoms with van der Waals surface area (Å²) in [5.41, 5.74) is 1.12. The van der Waals surface area contributed by atoms with Crippen LogP contribution in [0.1, 0.15) is 39.5 Å². The van der Waals surface area contributed by atoms with Crippen LogP contribution >= 0.6 is 0 Å². The molecule has 0 radical (unpaired) electrons. The standard InChI is InChI=1S/C10H19N/c1-8(2)11-10-6-4-9(3)5-7-10/h9-11H,1,4-7H2,2-3H3/t9-,10-. The molecule has 1 fully saturated rings. The first-order chi connectivity index (χ1) is 5.18. The van der Waals surface area contributed by atoms with Gasteiger partial charge >= 0.3 is 0 Å². The summed E-state index contributed by atoms with van der Waals surface area (Å²) in [4.78, 5) is 0. The molecule has 0 spiro atoms. The lowest BCUT2D eigenvalue weighted by Crippen LogP contribution is -2.30. The predicted octanol–water partition coefficient (Wildman–Crippen LogP) is 2.69. The van der Waals surface area contributed by atoms with Crippen LogP contribution in [0, 0.1) is 5.92 Å². The molecule has 1 N–H and O–H groups in total. The van der Waals surface area contributed by atoms with Crippen molar-refractivity contribution in [3.63, 3.8) is 0 Å². The summed E-state index contributed by atoms with van der Waals surface area (Å²) in [5.74, 6) is 0.943.